The number of rotatable bonds is 4. The molecule has 1 atom stereocenters. The third-order valence-corrected chi connectivity index (χ3v) is 3.72. The Hall–Kier alpha value is -3.07. The van der Waals surface area contributed by atoms with Crippen molar-refractivity contribution in [2.45, 2.75) is 38.8 Å². The van der Waals surface area contributed by atoms with E-state index in [4.69, 9.17) is 10.00 Å². The van der Waals surface area contributed by atoms with Gasteiger partial charge >= 0.3 is 6.09 Å². The molecule has 6 heteroatoms. The molecule has 0 aliphatic heterocycles. The summed E-state index contributed by atoms with van der Waals surface area (Å²) in [6.07, 6.45) is 1.34. The Labute approximate surface area is 153 Å². The molecule has 26 heavy (non-hydrogen) atoms. The fraction of sp³-hybridized carbons (Fsp3) is 0.350. The van der Waals surface area contributed by atoms with E-state index in [1.165, 1.54) is 7.05 Å². The van der Waals surface area contributed by atoms with Crippen molar-refractivity contribution in [2.24, 2.45) is 0 Å². The number of hydrogen-bond acceptors (Lipinski definition) is 4. The van der Waals surface area contributed by atoms with Crippen LogP contribution in [0.2, 0.25) is 0 Å². The van der Waals surface area contributed by atoms with E-state index in [9.17, 15) is 9.59 Å². The number of benzene rings is 2. The Morgan fingerprint density at radius 2 is 1.85 bits per heavy atom. The van der Waals surface area contributed by atoms with Crippen LogP contribution in [0.15, 0.2) is 42.5 Å². The van der Waals surface area contributed by atoms with Gasteiger partial charge in [-0.3, -0.25) is 9.69 Å². The van der Waals surface area contributed by atoms with Crippen molar-refractivity contribution >= 4 is 22.8 Å². The second kappa shape index (κ2) is 7.87. The highest BCUT2D eigenvalue weighted by atomic mass is 16.6. The monoisotopic (exact) mass is 353 g/mol. The van der Waals surface area contributed by atoms with Crippen LogP contribution in [-0.4, -0.2) is 35.6 Å². The van der Waals surface area contributed by atoms with Crippen molar-refractivity contribution in [3.8, 4) is 6.19 Å². The van der Waals surface area contributed by atoms with Crippen LogP contribution in [0.1, 0.15) is 26.3 Å². The first-order valence-corrected chi connectivity index (χ1v) is 8.34. The zero-order valence-electron chi connectivity index (χ0n) is 15.4. The largest absolute Gasteiger partial charge is 0.444 e. The molecule has 0 fully saturated rings. The van der Waals surface area contributed by atoms with E-state index in [-0.39, 0.29) is 6.42 Å². The summed E-state index contributed by atoms with van der Waals surface area (Å²) in [5.74, 6) is -0.494. The number of hydrogen-bond donors (Lipinski definition) is 1. The Balaban J connectivity index is 2.23. The highest BCUT2D eigenvalue weighted by Gasteiger charge is 2.27. The quantitative estimate of drug-likeness (QED) is 0.676. The maximum absolute atomic E-state index is 12.5. The van der Waals surface area contributed by atoms with Gasteiger partial charge in [0.1, 0.15) is 11.6 Å². The van der Waals surface area contributed by atoms with Crippen LogP contribution in [0.5, 0.6) is 0 Å². The van der Waals surface area contributed by atoms with E-state index < -0.39 is 23.6 Å². The van der Waals surface area contributed by atoms with Gasteiger partial charge < -0.3 is 10.1 Å². The summed E-state index contributed by atoms with van der Waals surface area (Å²) in [5, 5.41) is 13.7. The van der Waals surface area contributed by atoms with Crippen LogP contribution >= 0.6 is 0 Å². The molecule has 0 radical (unpaired) electrons. The normalized spacial score (nSPS) is 12.1. The van der Waals surface area contributed by atoms with E-state index in [1.807, 2.05) is 42.5 Å². The second-order valence-corrected chi connectivity index (χ2v) is 7.08. The fourth-order valence-electron chi connectivity index (χ4n) is 2.53. The van der Waals surface area contributed by atoms with Crippen molar-refractivity contribution in [3.05, 3.63) is 48.0 Å². The van der Waals surface area contributed by atoms with Gasteiger partial charge in [0.15, 0.2) is 6.19 Å². The third-order valence-electron chi connectivity index (χ3n) is 3.72. The average Bonchev–Trinajstić information content (AvgIpc) is 2.58. The van der Waals surface area contributed by atoms with E-state index in [2.05, 4.69) is 5.32 Å². The first-order valence-electron chi connectivity index (χ1n) is 8.34. The van der Waals surface area contributed by atoms with E-state index in [1.54, 1.807) is 27.0 Å². The third kappa shape index (κ3) is 5.21. The highest BCUT2D eigenvalue weighted by Crippen LogP contribution is 2.17. The van der Waals surface area contributed by atoms with Gasteiger partial charge in [-0.05, 0) is 37.1 Å². The van der Waals surface area contributed by atoms with Crippen LogP contribution in [0.4, 0.5) is 4.79 Å². The lowest BCUT2D eigenvalue weighted by Gasteiger charge is -2.24. The Morgan fingerprint density at radius 3 is 2.46 bits per heavy atom. The molecule has 0 heterocycles. The molecule has 0 spiro atoms. The van der Waals surface area contributed by atoms with Crippen LogP contribution in [0, 0.1) is 11.5 Å². The predicted octanol–water partition coefficient (Wildman–Crippen LogP) is 3.22. The van der Waals surface area contributed by atoms with Gasteiger partial charge in [0.25, 0.3) is 5.91 Å². The summed E-state index contributed by atoms with van der Waals surface area (Å²) in [5.41, 5.74) is 0.200. The summed E-state index contributed by atoms with van der Waals surface area (Å²) in [6, 6.07) is 12.8. The van der Waals surface area contributed by atoms with Crippen LogP contribution in [0.25, 0.3) is 10.8 Å². The molecule has 0 saturated heterocycles. The smallest absolute Gasteiger partial charge is 0.408 e. The maximum atomic E-state index is 12.5. The number of ether oxygens (including phenoxy) is 1. The van der Waals surface area contributed by atoms with Crippen LogP contribution in [0.3, 0.4) is 0 Å². The molecule has 0 aromatic heterocycles. The average molecular weight is 353 g/mol. The molecule has 1 N–H and O–H groups in total. The molecule has 6 nitrogen and oxygen atoms in total. The highest BCUT2D eigenvalue weighted by molar-refractivity contribution is 5.87. The van der Waals surface area contributed by atoms with Gasteiger partial charge in [0.2, 0.25) is 0 Å². The minimum Gasteiger partial charge on any atom is -0.444 e. The fourth-order valence-corrected chi connectivity index (χ4v) is 2.53. The van der Waals surface area contributed by atoms with Gasteiger partial charge in [0.05, 0.1) is 0 Å². The molecule has 2 aromatic rings. The number of fused-ring (bicyclic) bond motifs is 1. The molecule has 0 bridgehead atoms. The summed E-state index contributed by atoms with van der Waals surface area (Å²) in [7, 11) is 1.37. The number of amides is 2. The SMILES string of the molecule is CN(C#N)C(=O)C(Cc1ccc2ccccc2c1)NC(=O)OC(C)(C)C. The van der Waals surface area contributed by atoms with Gasteiger partial charge in [-0.25, -0.2) is 4.79 Å². The molecular formula is C20H23N3O3. The molecule has 0 aliphatic rings. The molecule has 136 valence electrons. The first kappa shape index (κ1) is 19.3. The summed E-state index contributed by atoms with van der Waals surface area (Å²) in [4.78, 5) is 25.5. The van der Waals surface area contributed by atoms with Gasteiger partial charge in [0, 0.05) is 13.5 Å². The van der Waals surface area contributed by atoms with Gasteiger partial charge in [-0.1, -0.05) is 42.5 Å². The first-order chi connectivity index (χ1) is 12.2. The minimum atomic E-state index is -0.893. The standard InChI is InChI=1S/C20H23N3O3/c1-20(2,3)26-19(25)22-17(18(24)23(4)13-21)12-14-9-10-15-7-5-6-8-16(15)11-14/h5-11,17H,12H2,1-4H3,(H,22,25). The molecule has 1 unspecified atom stereocenters. The van der Waals surface area contributed by atoms with Crippen molar-refractivity contribution in [2.75, 3.05) is 7.05 Å². The summed E-state index contributed by atoms with van der Waals surface area (Å²) in [6.45, 7) is 5.23. The summed E-state index contributed by atoms with van der Waals surface area (Å²) >= 11 is 0. The van der Waals surface area contributed by atoms with Gasteiger partial charge in [-0.2, -0.15) is 5.26 Å². The Kier molecular flexibility index (Phi) is 5.83. The van der Waals surface area contributed by atoms with E-state index in [0.29, 0.717) is 0 Å². The molecule has 2 aromatic carbocycles. The van der Waals surface area contributed by atoms with Crippen molar-refractivity contribution in [3.63, 3.8) is 0 Å². The number of likely N-dealkylation sites (N-methyl/N-ethyl adjacent to an activating group) is 1. The van der Waals surface area contributed by atoms with Gasteiger partial charge in [-0.15, -0.1) is 0 Å². The topological polar surface area (TPSA) is 82.4 Å². The number of nitrogens with one attached hydrogen (secondary N) is 1. The molecular weight excluding hydrogens is 330 g/mol. The minimum absolute atomic E-state index is 0.259. The molecule has 2 rings (SSSR count). The number of carbonyl (C=O) groups is 2. The van der Waals surface area contributed by atoms with E-state index in [0.717, 1.165) is 21.2 Å². The molecule has 2 amide bonds. The maximum Gasteiger partial charge on any atom is 0.408 e. The number of nitrogens with zero attached hydrogens (tertiary/aromatic N) is 2. The number of carbonyl (C=O) groups excluding carboxylic acids is 2. The summed E-state index contributed by atoms with van der Waals surface area (Å²) < 4.78 is 5.24. The lowest BCUT2D eigenvalue weighted by molar-refractivity contribution is -0.129. The van der Waals surface area contributed by atoms with Crippen molar-refractivity contribution in [1.29, 1.82) is 5.26 Å². The lowest BCUT2D eigenvalue weighted by atomic mass is 10.0. The van der Waals surface area contributed by atoms with Crippen molar-refractivity contribution in [1.82, 2.24) is 10.2 Å². The second-order valence-electron chi connectivity index (χ2n) is 7.08. The predicted molar refractivity (Wildman–Crippen MR) is 99.2 cm³/mol. The zero-order chi connectivity index (χ0) is 19.3. The van der Waals surface area contributed by atoms with Crippen LogP contribution in [-0.2, 0) is 16.0 Å². The number of nitriles is 1. The zero-order valence-corrected chi connectivity index (χ0v) is 15.4. The number of alkyl carbamates (subject to hydrolysis) is 1. The lowest BCUT2D eigenvalue weighted by Crippen LogP contribution is -2.48. The van der Waals surface area contributed by atoms with E-state index >= 15 is 0 Å². The van der Waals surface area contributed by atoms with Crippen molar-refractivity contribution < 1.29 is 14.3 Å². The Bertz CT molecular complexity index is 849. The Morgan fingerprint density at radius 1 is 1.19 bits per heavy atom. The molecule has 0 saturated carbocycles. The van der Waals surface area contributed by atoms with Crippen LogP contribution < -0.4 is 5.32 Å². The molecule has 0 aliphatic carbocycles.